The van der Waals surface area contributed by atoms with Gasteiger partial charge in [0.1, 0.15) is 0 Å². The summed E-state index contributed by atoms with van der Waals surface area (Å²) in [6.45, 7) is 4.01. The maximum absolute atomic E-state index is 12.6. The molecule has 1 N–H and O–H groups in total. The second-order valence-electron chi connectivity index (χ2n) is 7.52. The molecule has 6 heteroatoms. The molecule has 0 radical (unpaired) electrons. The maximum Gasteiger partial charge on any atom is 0.307 e. The van der Waals surface area contributed by atoms with E-state index in [2.05, 4.69) is 11.4 Å². The summed E-state index contributed by atoms with van der Waals surface area (Å²) in [5.41, 5.74) is 0.917. The fraction of sp³-hybridized carbons (Fsp3) is 0.571. The number of thiazole rings is 1. The predicted octanol–water partition coefficient (Wildman–Crippen LogP) is 4.25. The largest absolute Gasteiger partial charge is 0.453 e. The van der Waals surface area contributed by atoms with Crippen LogP contribution < -0.4 is 5.32 Å². The summed E-state index contributed by atoms with van der Waals surface area (Å²) >= 11 is 1.71. The number of nitrogens with zero attached hydrogens (tertiary/aromatic N) is 1. The number of para-hydroxylation sites is 1. The van der Waals surface area contributed by atoms with Crippen LogP contribution in [0.2, 0.25) is 0 Å². The molecule has 1 heterocycles. The highest BCUT2D eigenvalue weighted by Gasteiger charge is 2.36. The van der Waals surface area contributed by atoms with Gasteiger partial charge in [-0.1, -0.05) is 31.4 Å². The Labute approximate surface area is 164 Å². The van der Waals surface area contributed by atoms with Crippen LogP contribution >= 0.6 is 11.3 Å². The molecule has 0 aliphatic heterocycles. The van der Waals surface area contributed by atoms with Crippen LogP contribution in [0.3, 0.4) is 0 Å². The second-order valence-corrected chi connectivity index (χ2v) is 8.63. The lowest BCUT2D eigenvalue weighted by Gasteiger charge is -2.36. The van der Waals surface area contributed by atoms with Crippen LogP contribution in [0.1, 0.15) is 57.4 Å². The summed E-state index contributed by atoms with van der Waals surface area (Å²) in [4.78, 5) is 29.2. The van der Waals surface area contributed by atoms with Gasteiger partial charge >= 0.3 is 5.97 Å². The Kier molecular flexibility index (Phi) is 6.47. The third-order valence-corrected chi connectivity index (χ3v) is 6.36. The molecule has 0 unspecified atom stereocenters. The first-order valence-electron chi connectivity index (χ1n) is 9.83. The van der Waals surface area contributed by atoms with Crippen LogP contribution in [0.25, 0.3) is 10.2 Å². The van der Waals surface area contributed by atoms with Crippen LogP contribution in [0.5, 0.6) is 0 Å². The minimum atomic E-state index is -0.749. The van der Waals surface area contributed by atoms with Gasteiger partial charge in [-0.2, -0.15) is 0 Å². The molecule has 5 nitrogen and oxygen atoms in total. The molecule has 1 aromatic carbocycles. The van der Waals surface area contributed by atoms with Crippen LogP contribution in [-0.4, -0.2) is 29.5 Å². The third kappa shape index (κ3) is 5.06. The zero-order valence-electron chi connectivity index (χ0n) is 16.1. The minimum Gasteiger partial charge on any atom is -0.453 e. The lowest BCUT2D eigenvalue weighted by Crippen LogP contribution is -2.37. The molecule has 0 bridgehead atoms. The summed E-state index contributed by atoms with van der Waals surface area (Å²) in [5, 5.41) is 3.78. The first-order valence-corrected chi connectivity index (χ1v) is 10.6. The average molecular weight is 389 g/mol. The molecule has 1 aliphatic carbocycles. The quantitative estimate of drug-likeness (QED) is 0.720. The fourth-order valence-corrected chi connectivity index (χ4v) is 5.09. The monoisotopic (exact) mass is 388 g/mol. The molecule has 1 aromatic heterocycles. The number of amides is 1. The maximum atomic E-state index is 12.6. The van der Waals surface area contributed by atoms with Crippen molar-refractivity contribution in [3.05, 3.63) is 29.3 Å². The molecule has 1 aliphatic rings. The van der Waals surface area contributed by atoms with E-state index in [1.165, 1.54) is 11.1 Å². The van der Waals surface area contributed by atoms with Crippen molar-refractivity contribution >= 4 is 33.4 Å². The molecule has 1 saturated carbocycles. The van der Waals surface area contributed by atoms with Crippen LogP contribution in [-0.2, 0) is 20.7 Å². The molecular weight excluding hydrogens is 360 g/mol. The highest BCUT2D eigenvalue weighted by molar-refractivity contribution is 7.18. The highest BCUT2D eigenvalue weighted by atomic mass is 32.1. The van der Waals surface area contributed by atoms with Crippen molar-refractivity contribution in [1.29, 1.82) is 0 Å². The van der Waals surface area contributed by atoms with E-state index in [9.17, 15) is 9.59 Å². The number of carbonyl (C=O) groups excluding carboxylic acids is 2. The van der Waals surface area contributed by atoms with Gasteiger partial charge in [-0.15, -0.1) is 11.3 Å². The Morgan fingerprint density at radius 2 is 2.00 bits per heavy atom. The zero-order chi connectivity index (χ0) is 19.3. The summed E-state index contributed by atoms with van der Waals surface area (Å²) in [7, 11) is 0. The van der Waals surface area contributed by atoms with Crippen molar-refractivity contribution in [2.75, 3.05) is 6.54 Å². The summed E-state index contributed by atoms with van der Waals surface area (Å²) in [5.74, 6) is -0.522. The molecule has 1 fully saturated rings. The number of nitrogens with one attached hydrogen (secondary N) is 1. The Morgan fingerprint density at radius 3 is 2.70 bits per heavy atom. The number of benzene rings is 1. The second kappa shape index (κ2) is 8.83. The van der Waals surface area contributed by atoms with E-state index in [0.717, 1.165) is 42.6 Å². The molecule has 146 valence electrons. The van der Waals surface area contributed by atoms with Gasteiger partial charge in [0, 0.05) is 13.0 Å². The molecule has 0 spiro atoms. The fourth-order valence-electron chi connectivity index (χ4n) is 3.95. The molecule has 3 rings (SSSR count). The summed E-state index contributed by atoms with van der Waals surface area (Å²) < 4.78 is 6.61. The van der Waals surface area contributed by atoms with Crippen molar-refractivity contribution in [3.8, 4) is 0 Å². The van der Waals surface area contributed by atoms with E-state index in [0.29, 0.717) is 13.0 Å². The van der Waals surface area contributed by atoms with E-state index in [4.69, 9.17) is 9.72 Å². The number of likely N-dealkylation sites (N-methyl/N-ethyl adjacent to an activating group) is 1. The van der Waals surface area contributed by atoms with Gasteiger partial charge in [-0.3, -0.25) is 9.59 Å². The molecule has 2 aromatic rings. The van der Waals surface area contributed by atoms with E-state index in [1.54, 1.807) is 18.3 Å². The average Bonchev–Trinajstić information content (AvgIpc) is 3.04. The van der Waals surface area contributed by atoms with E-state index >= 15 is 0 Å². The van der Waals surface area contributed by atoms with Crippen LogP contribution in [0, 0.1) is 5.41 Å². The van der Waals surface area contributed by atoms with Gasteiger partial charge in [0.2, 0.25) is 0 Å². The zero-order valence-corrected chi connectivity index (χ0v) is 16.9. The molecule has 1 atom stereocenters. The first kappa shape index (κ1) is 19.8. The molecule has 0 saturated heterocycles. The van der Waals surface area contributed by atoms with Gasteiger partial charge in [0.25, 0.3) is 5.91 Å². The van der Waals surface area contributed by atoms with Crippen molar-refractivity contribution in [2.24, 2.45) is 5.41 Å². The predicted molar refractivity (Wildman–Crippen MR) is 108 cm³/mol. The van der Waals surface area contributed by atoms with Crippen molar-refractivity contribution in [1.82, 2.24) is 10.3 Å². The van der Waals surface area contributed by atoms with E-state index < -0.39 is 6.10 Å². The summed E-state index contributed by atoms with van der Waals surface area (Å²) in [6.07, 6.45) is 5.89. The minimum absolute atomic E-state index is 0.107. The van der Waals surface area contributed by atoms with E-state index in [1.807, 2.05) is 25.1 Å². The molecule has 27 heavy (non-hydrogen) atoms. The topological polar surface area (TPSA) is 68.3 Å². The van der Waals surface area contributed by atoms with Gasteiger partial charge in [-0.05, 0) is 44.2 Å². The number of ether oxygens (including phenoxy) is 1. The number of hydrogen-bond donors (Lipinski definition) is 1. The number of rotatable bonds is 7. The number of esters is 1. The van der Waals surface area contributed by atoms with Gasteiger partial charge < -0.3 is 10.1 Å². The molecular formula is C21H28N2O3S. The highest BCUT2D eigenvalue weighted by Crippen LogP contribution is 2.43. The van der Waals surface area contributed by atoms with E-state index in [-0.39, 0.29) is 17.3 Å². The number of aromatic nitrogens is 1. The first-order chi connectivity index (χ1) is 13.0. The normalized spacial score (nSPS) is 17.4. The van der Waals surface area contributed by atoms with Crippen molar-refractivity contribution in [2.45, 2.75) is 64.9 Å². The van der Waals surface area contributed by atoms with Crippen LogP contribution in [0.4, 0.5) is 0 Å². The molecule has 1 amide bonds. The Hall–Kier alpha value is -1.95. The SMILES string of the molecule is CCNC(=O)[C@H](C)OC(=O)CC1(Cc2nc3ccccc3s2)CCCCC1. The van der Waals surface area contributed by atoms with Gasteiger partial charge in [0.05, 0.1) is 21.6 Å². The Morgan fingerprint density at radius 1 is 1.26 bits per heavy atom. The smallest absolute Gasteiger partial charge is 0.307 e. The Bertz CT molecular complexity index is 763. The lowest BCUT2D eigenvalue weighted by molar-refractivity contribution is -0.157. The lowest BCUT2D eigenvalue weighted by atomic mass is 9.70. The summed E-state index contributed by atoms with van der Waals surface area (Å²) in [6, 6.07) is 8.15. The van der Waals surface area contributed by atoms with Crippen molar-refractivity contribution in [3.63, 3.8) is 0 Å². The standard InChI is InChI=1S/C21H28N2O3S/c1-3-22-20(25)15(2)26-19(24)14-21(11-7-4-8-12-21)13-18-23-16-9-5-6-10-17(16)27-18/h5-6,9-10,15H,3-4,7-8,11-14H2,1-2H3,(H,22,25)/t15-/m0/s1. The van der Waals surface area contributed by atoms with Gasteiger partial charge in [-0.25, -0.2) is 4.98 Å². The van der Waals surface area contributed by atoms with Crippen LogP contribution in [0.15, 0.2) is 24.3 Å². The van der Waals surface area contributed by atoms with Gasteiger partial charge in [0.15, 0.2) is 6.10 Å². The third-order valence-electron chi connectivity index (χ3n) is 5.33. The van der Waals surface area contributed by atoms with Crippen molar-refractivity contribution < 1.29 is 14.3 Å². The Balaban J connectivity index is 1.70. The number of hydrogen-bond acceptors (Lipinski definition) is 5. The number of fused-ring (bicyclic) bond motifs is 1. The number of carbonyl (C=O) groups is 2.